The second-order valence-electron chi connectivity index (χ2n) is 13.8. The van der Waals surface area contributed by atoms with Crippen LogP contribution in [0.5, 0.6) is 0 Å². The fourth-order valence-corrected chi connectivity index (χ4v) is 14.1. The molecule has 10 rings (SSSR count). The standard InChI is InChI=1S/C48H36N4O2P2/c53-55(49(39-21-5-1-6-22-39)45-31-13-14-32-46(45)50(55)40-23-7-2-8-24-40)43-29-17-19-37(35-43)38-20-18-30-44(36-38)56(54)51(41-25-9-3-10-26-41)47-33-15-16-34-48(47)52(56)42-27-11-4-12-28-42/h1-36H. The minimum atomic E-state index is -3.61. The van der Waals surface area contributed by atoms with E-state index in [-0.39, 0.29) is 0 Å². The Labute approximate surface area is 327 Å². The van der Waals surface area contributed by atoms with Gasteiger partial charge in [-0.25, -0.2) is 0 Å². The highest BCUT2D eigenvalue weighted by molar-refractivity contribution is 7.76. The van der Waals surface area contributed by atoms with Gasteiger partial charge in [0.1, 0.15) is 0 Å². The summed E-state index contributed by atoms with van der Waals surface area (Å²) in [4.78, 5) is 0. The normalized spacial score (nSPS) is 15.1. The minimum absolute atomic E-state index is 0.682. The van der Waals surface area contributed by atoms with Gasteiger partial charge in [-0.2, -0.15) is 0 Å². The molecule has 0 saturated carbocycles. The van der Waals surface area contributed by atoms with Crippen LogP contribution in [-0.4, -0.2) is 0 Å². The summed E-state index contributed by atoms with van der Waals surface area (Å²) >= 11 is 0. The Morgan fingerprint density at radius 1 is 0.268 bits per heavy atom. The Kier molecular flexibility index (Phi) is 8.26. The van der Waals surface area contributed by atoms with Crippen LogP contribution in [0.1, 0.15) is 0 Å². The number of fused-ring (bicyclic) bond motifs is 2. The number of anilines is 8. The van der Waals surface area contributed by atoms with Gasteiger partial charge < -0.3 is 0 Å². The van der Waals surface area contributed by atoms with Crippen molar-refractivity contribution >= 4 is 71.0 Å². The molecule has 56 heavy (non-hydrogen) atoms. The molecule has 0 radical (unpaired) electrons. The van der Waals surface area contributed by atoms with Crippen LogP contribution in [0.25, 0.3) is 11.1 Å². The fourth-order valence-electron chi connectivity index (χ4n) is 8.06. The van der Waals surface area contributed by atoms with Crippen molar-refractivity contribution in [2.75, 3.05) is 18.7 Å². The average Bonchev–Trinajstić information content (AvgIpc) is 3.71. The van der Waals surface area contributed by atoms with Crippen molar-refractivity contribution in [2.45, 2.75) is 0 Å². The van der Waals surface area contributed by atoms with E-state index in [1.54, 1.807) is 0 Å². The van der Waals surface area contributed by atoms with E-state index in [2.05, 4.69) is 0 Å². The smallest absolute Gasteiger partial charge is 0.270 e. The van der Waals surface area contributed by atoms with Crippen LogP contribution in [0.3, 0.4) is 0 Å². The lowest BCUT2D eigenvalue weighted by Gasteiger charge is -2.34. The van der Waals surface area contributed by atoms with E-state index in [1.807, 2.05) is 237 Å². The molecule has 270 valence electrons. The van der Waals surface area contributed by atoms with Crippen LogP contribution in [0.2, 0.25) is 0 Å². The molecular weight excluding hydrogens is 727 g/mol. The minimum Gasteiger partial charge on any atom is -0.270 e. The van der Waals surface area contributed by atoms with Gasteiger partial charge in [0, 0.05) is 22.7 Å². The van der Waals surface area contributed by atoms with Crippen molar-refractivity contribution < 1.29 is 9.13 Å². The predicted octanol–water partition coefficient (Wildman–Crippen LogP) is 13.0. The SMILES string of the molecule is O=P1(c2cccc(-c3cccc(P4(=O)N(c5ccccc5)c5ccccc5N4c4ccccc4)c3)c2)N(c2ccccc2)c2ccccc2N1c1ccccc1. The summed E-state index contributed by atoms with van der Waals surface area (Å²) in [7, 11) is -7.21. The summed E-state index contributed by atoms with van der Waals surface area (Å²) in [6.45, 7) is 0. The van der Waals surface area contributed by atoms with Crippen molar-refractivity contribution in [1.82, 2.24) is 0 Å². The summed E-state index contributed by atoms with van der Waals surface area (Å²) < 4.78 is 40.8. The quantitative estimate of drug-likeness (QED) is 0.151. The first-order valence-corrected chi connectivity index (χ1v) is 21.8. The Hall–Kier alpha value is -6.58. The molecule has 0 amide bonds. The van der Waals surface area contributed by atoms with Crippen LogP contribution >= 0.6 is 14.9 Å². The Bertz CT molecular complexity index is 2470. The van der Waals surface area contributed by atoms with Gasteiger partial charge in [0.15, 0.2) is 0 Å². The first-order valence-electron chi connectivity index (χ1n) is 18.6. The first-order chi connectivity index (χ1) is 27.6. The van der Waals surface area contributed by atoms with Crippen LogP contribution in [-0.2, 0) is 9.13 Å². The largest absolute Gasteiger partial charge is 0.301 e. The third-order valence-corrected chi connectivity index (χ3v) is 16.3. The molecule has 0 N–H and O–H groups in total. The van der Waals surface area contributed by atoms with Crippen LogP contribution in [0.4, 0.5) is 45.5 Å². The van der Waals surface area contributed by atoms with Gasteiger partial charge in [-0.1, -0.05) is 121 Å². The molecule has 0 aliphatic carbocycles. The summed E-state index contributed by atoms with van der Waals surface area (Å²) in [5.74, 6) is 0. The molecule has 8 aromatic carbocycles. The molecule has 0 aromatic heterocycles. The third kappa shape index (κ3) is 5.26. The number of para-hydroxylation sites is 8. The van der Waals surface area contributed by atoms with Gasteiger partial charge in [0.2, 0.25) is 0 Å². The summed E-state index contributed by atoms with van der Waals surface area (Å²) in [6, 6.07) is 72.1. The van der Waals surface area contributed by atoms with Gasteiger partial charge in [0.25, 0.3) is 0 Å². The average molecular weight is 763 g/mol. The van der Waals surface area contributed by atoms with Gasteiger partial charge >= 0.3 is 14.9 Å². The van der Waals surface area contributed by atoms with Crippen molar-refractivity contribution in [3.8, 4) is 11.1 Å². The molecule has 0 saturated heterocycles. The maximum absolute atomic E-state index is 16.4. The van der Waals surface area contributed by atoms with Gasteiger partial charge in [-0.05, 0) is 108 Å². The lowest BCUT2D eigenvalue weighted by Crippen LogP contribution is -2.27. The molecular formula is C48H36N4O2P2. The highest BCUT2D eigenvalue weighted by atomic mass is 31.2. The molecule has 0 fully saturated rings. The number of rotatable bonds is 7. The zero-order valence-corrected chi connectivity index (χ0v) is 32.1. The van der Waals surface area contributed by atoms with Crippen LogP contribution < -0.4 is 29.3 Å². The molecule has 0 atom stereocenters. The van der Waals surface area contributed by atoms with Crippen molar-refractivity contribution in [3.63, 3.8) is 0 Å². The number of benzene rings is 8. The van der Waals surface area contributed by atoms with E-state index in [0.717, 1.165) is 56.6 Å². The molecule has 8 aromatic rings. The van der Waals surface area contributed by atoms with E-state index in [4.69, 9.17) is 0 Å². The Morgan fingerprint density at radius 2 is 0.518 bits per heavy atom. The number of hydrogen-bond donors (Lipinski definition) is 0. The molecule has 6 nitrogen and oxygen atoms in total. The van der Waals surface area contributed by atoms with Crippen molar-refractivity contribution in [2.24, 2.45) is 0 Å². The van der Waals surface area contributed by atoms with Gasteiger partial charge in [-0.3, -0.25) is 27.8 Å². The van der Waals surface area contributed by atoms with Gasteiger partial charge in [-0.15, -0.1) is 0 Å². The summed E-state index contributed by atoms with van der Waals surface area (Å²) in [6.07, 6.45) is 0. The lowest BCUT2D eigenvalue weighted by atomic mass is 10.1. The van der Waals surface area contributed by atoms with E-state index >= 15 is 9.13 Å². The van der Waals surface area contributed by atoms with Crippen LogP contribution in [0.15, 0.2) is 218 Å². The molecule has 2 aliphatic rings. The number of hydrogen-bond acceptors (Lipinski definition) is 2. The lowest BCUT2D eigenvalue weighted by molar-refractivity contribution is 0.581. The first kappa shape index (κ1) is 33.9. The maximum atomic E-state index is 16.4. The topological polar surface area (TPSA) is 47.1 Å². The predicted molar refractivity (Wildman–Crippen MR) is 234 cm³/mol. The van der Waals surface area contributed by atoms with E-state index < -0.39 is 14.9 Å². The molecule has 2 aliphatic heterocycles. The highest BCUT2D eigenvalue weighted by Gasteiger charge is 2.50. The second kappa shape index (κ2) is 13.6. The van der Waals surface area contributed by atoms with Crippen molar-refractivity contribution in [3.05, 3.63) is 218 Å². The monoisotopic (exact) mass is 762 g/mol. The van der Waals surface area contributed by atoms with Crippen molar-refractivity contribution in [1.29, 1.82) is 0 Å². The Morgan fingerprint density at radius 3 is 0.786 bits per heavy atom. The van der Waals surface area contributed by atoms with Gasteiger partial charge in [0.05, 0.1) is 33.4 Å². The molecule has 0 unspecified atom stereocenters. The van der Waals surface area contributed by atoms with E-state index in [1.165, 1.54) is 0 Å². The van der Waals surface area contributed by atoms with E-state index in [0.29, 0.717) is 10.6 Å². The fraction of sp³-hybridized carbons (Fsp3) is 0. The zero-order valence-electron chi connectivity index (χ0n) is 30.3. The maximum Gasteiger partial charge on any atom is 0.301 e. The molecule has 8 heteroatoms. The summed E-state index contributed by atoms with van der Waals surface area (Å²) in [5.41, 5.74) is 8.61. The molecule has 2 heterocycles. The molecule has 0 bridgehead atoms. The van der Waals surface area contributed by atoms with E-state index in [9.17, 15) is 0 Å². The third-order valence-electron chi connectivity index (χ3n) is 10.5. The number of nitrogens with zero attached hydrogens (tertiary/aromatic N) is 4. The second-order valence-corrected chi connectivity index (χ2v) is 18.6. The highest BCUT2D eigenvalue weighted by Crippen LogP contribution is 2.71. The summed E-state index contributed by atoms with van der Waals surface area (Å²) in [5, 5.41) is 1.36. The Balaban J connectivity index is 1.15. The molecule has 0 spiro atoms. The van der Waals surface area contributed by atoms with Crippen LogP contribution in [0, 0.1) is 0 Å². The zero-order chi connectivity index (χ0) is 37.7.